The molecule has 1 amide bonds. The summed E-state index contributed by atoms with van der Waals surface area (Å²) in [5.41, 5.74) is 4.16. The van der Waals surface area contributed by atoms with Crippen molar-refractivity contribution in [1.29, 1.82) is 0 Å². The fourth-order valence-electron chi connectivity index (χ4n) is 3.30. The Morgan fingerprint density at radius 1 is 0.960 bits per heavy atom. The molecule has 1 heterocycles. The molecule has 1 aliphatic rings. The van der Waals surface area contributed by atoms with Crippen LogP contribution in [0.4, 0.5) is 5.69 Å². The van der Waals surface area contributed by atoms with Crippen LogP contribution in [-0.4, -0.2) is 23.9 Å². The molecule has 0 saturated carbocycles. The molecule has 2 aromatic rings. The lowest BCUT2D eigenvalue weighted by Gasteiger charge is -2.14. The third kappa shape index (κ3) is 5.17. The highest BCUT2D eigenvalue weighted by molar-refractivity contribution is 6.04. The third-order valence-electron chi connectivity index (χ3n) is 4.85. The predicted octanol–water partition coefficient (Wildman–Crippen LogP) is 4.88. The second kappa shape index (κ2) is 8.82. The number of carbonyl (C=O) groups excluding carboxylic acids is 1. The Bertz CT molecular complexity index is 670. The van der Waals surface area contributed by atoms with Crippen LogP contribution >= 0.6 is 0 Å². The first kappa shape index (κ1) is 17.7. The molecule has 1 fully saturated rings. The largest absolute Gasteiger partial charge is 0.322 e. The van der Waals surface area contributed by atoms with E-state index in [0.29, 0.717) is 5.56 Å². The highest BCUT2D eigenvalue weighted by Crippen LogP contribution is 2.15. The quantitative estimate of drug-likeness (QED) is 0.782. The Labute approximate surface area is 151 Å². The molecule has 1 saturated heterocycles. The first-order valence-corrected chi connectivity index (χ1v) is 9.46. The Morgan fingerprint density at radius 3 is 2.24 bits per heavy atom. The van der Waals surface area contributed by atoms with Gasteiger partial charge >= 0.3 is 0 Å². The zero-order valence-electron chi connectivity index (χ0n) is 15.1. The average molecular weight is 336 g/mol. The van der Waals surface area contributed by atoms with Crippen molar-refractivity contribution in [3.05, 3.63) is 65.2 Å². The van der Waals surface area contributed by atoms with Gasteiger partial charge in [0, 0.05) is 17.8 Å². The number of unbranched alkanes of at least 4 members (excludes halogenated alkanes) is 1. The number of carbonyl (C=O) groups is 1. The first-order chi connectivity index (χ1) is 12.2. The molecule has 132 valence electrons. The topological polar surface area (TPSA) is 32.3 Å². The van der Waals surface area contributed by atoms with Crippen LogP contribution in [0.25, 0.3) is 0 Å². The fraction of sp³-hybridized carbons (Fsp3) is 0.409. The van der Waals surface area contributed by atoms with Crippen molar-refractivity contribution in [2.24, 2.45) is 0 Å². The molecule has 3 nitrogen and oxygen atoms in total. The summed E-state index contributed by atoms with van der Waals surface area (Å²) in [6, 6.07) is 16.2. The predicted molar refractivity (Wildman–Crippen MR) is 104 cm³/mol. The van der Waals surface area contributed by atoms with Gasteiger partial charge in [0.15, 0.2) is 0 Å². The fourth-order valence-corrected chi connectivity index (χ4v) is 3.30. The van der Waals surface area contributed by atoms with Crippen LogP contribution in [0.2, 0.25) is 0 Å². The lowest BCUT2D eigenvalue weighted by Crippen LogP contribution is -2.18. The normalized spacial score (nSPS) is 14.6. The summed E-state index contributed by atoms with van der Waals surface area (Å²) in [4.78, 5) is 14.9. The van der Waals surface area contributed by atoms with Gasteiger partial charge in [-0.05, 0) is 74.2 Å². The van der Waals surface area contributed by atoms with Crippen molar-refractivity contribution in [3.8, 4) is 0 Å². The standard InChI is InChI=1S/C22H28N2O/c1-2-3-6-18-9-13-21(14-10-18)23-22(25)20-11-7-19(8-12-20)17-24-15-4-5-16-24/h7-14H,2-6,15-17H2,1H3,(H,23,25). The third-order valence-corrected chi connectivity index (χ3v) is 4.85. The molecule has 1 aliphatic heterocycles. The molecule has 0 bridgehead atoms. The second-order valence-corrected chi connectivity index (χ2v) is 6.93. The molecular formula is C22H28N2O. The maximum atomic E-state index is 12.4. The average Bonchev–Trinajstić information content (AvgIpc) is 3.15. The van der Waals surface area contributed by atoms with E-state index < -0.39 is 0 Å². The summed E-state index contributed by atoms with van der Waals surface area (Å²) < 4.78 is 0. The van der Waals surface area contributed by atoms with E-state index in [1.54, 1.807) is 0 Å². The van der Waals surface area contributed by atoms with Crippen LogP contribution in [0, 0.1) is 0 Å². The molecule has 0 radical (unpaired) electrons. The highest BCUT2D eigenvalue weighted by Gasteiger charge is 2.12. The van der Waals surface area contributed by atoms with Gasteiger partial charge in [-0.25, -0.2) is 0 Å². The maximum absolute atomic E-state index is 12.4. The summed E-state index contributed by atoms with van der Waals surface area (Å²) in [7, 11) is 0. The lowest BCUT2D eigenvalue weighted by atomic mass is 10.1. The Balaban J connectivity index is 1.55. The van der Waals surface area contributed by atoms with Crippen molar-refractivity contribution in [1.82, 2.24) is 4.90 Å². The molecular weight excluding hydrogens is 308 g/mol. The van der Waals surface area contributed by atoms with Crippen molar-refractivity contribution in [2.45, 2.75) is 45.6 Å². The van der Waals surface area contributed by atoms with Gasteiger partial charge in [-0.2, -0.15) is 0 Å². The van der Waals surface area contributed by atoms with Crippen LogP contribution in [-0.2, 0) is 13.0 Å². The van der Waals surface area contributed by atoms with Crippen LogP contribution in [0.15, 0.2) is 48.5 Å². The number of hydrogen-bond donors (Lipinski definition) is 1. The van der Waals surface area contributed by atoms with Crippen LogP contribution in [0.5, 0.6) is 0 Å². The molecule has 1 N–H and O–H groups in total. The summed E-state index contributed by atoms with van der Waals surface area (Å²) in [5.74, 6) is -0.0472. The van der Waals surface area contributed by atoms with Crippen molar-refractivity contribution < 1.29 is 4.79 Å². The number of amides is 1. The summed E-state index contributed by atoms with van der Waals surface area (Å²) in [6.07, 6.45) is 6.11. The second-order valence-electron chi connectivity index (χ2n) is 6.93. The van der Waals surface area contributed by atoms with Gasteiger partial charge in [-0.3, -0.25) is 9.69 Å². The Hall–Kier alpha value is -2.13. The smallest absolute Gasteiger partial charge is 0.255 e. The molecule has 2 aromatic carbocycles. The number of likely N-dealkylation sites (tertiary alicyclic amines) is 1. The SMILES string of the molecule is CCCCc1ccc(NC(=O)c2ccc(CN3CCCC3)cc2)cc1. The Kier molecular flexibility index (Phi) is 6.24. The minimum atomic E-state index is -0.0472. The molecule has 3 heteroatoms. The number of hydrogen-bond acceptors (Lipinski definition) is 2. The van der Waals surface area contributed by atoms with E-state index in [2.05, 4.69) is 41.4 Å². The van der Waals surface area contributed by atoms with Gasteiger partial charge in [0.2, 0.25) is 0 Å². The van der Waals surface area contributed by atoms with Gasteiger partial charge in [0.25, 0.3) is 5.91 Å². The summed E-state index contributed by atoms with van der Waals surface area (Å²) in [6.45, 7) is 5.57. The monoisotopic (exact) mass is 336 g/mol. The molecule has 3 rings (SSSR count). The molecule has 0 atom stereocenters. The number of rotatable bonds is 7. The van der Waals surface area contributed by atoms with Gasteiger partial charge in [0.05, 0.1) is 0 Å². The number of nitrogens with one attached hydrogen (secondary N) is 1. The van der Waals surface area contributed by atoms with E-state index in [1.165, 1.54) is 49.9 Å². The zero-order valence-corrected chi connectivity index (χ0v) is 15.1. The number of aryl methyl sites for hydroxylation is 1. The van der Waals surface area contributed by atoms with E-state index in [9.17, 15) is 4.79 Å². The Morgan fingerprint density at radius 2 is 1.60 bits per heavy atom. The lowest BCUT2D eigenvalue weighted by molar-refractivity contribution is 0.102. The van der Waals surface area contributed by atoms with E-state index in [1.807, 2.05) is 24.3 Å². The molecule has 0 spiro atoms. The highest BCUT2D eigenvalue weighted by atomic mass is 16.1. The van der Waals surface area contributed by atoms with Crippen molar-refractivity contribution in [3.63, 3.8) is 0 Å². The maximum Gasteiger partial charge on any atom is 0.255 e. The van der Waals surface area contributed by atoms with Crippen LogP contribution in [0.1, 0.15) is 54.1 Å². The van der Waals surface area contributed by atoms with E-state index in [-0.39, 0.29) is 5.91 Å². The number of benzene rings is 2. The van der Waals surface area contributed by atoms with Gasteiger partial charge in [-0.1, -0.05) is 37.6 Å². The summed E-state index contributed by atoms with van der Waals surface area (Å²) >= 11 is 0. The van der Waals surface area contributed by atoms with E-state index in [4.69, 9.17) is 0 Å². The van der Waals surface area contributed by atoms with Crippen molar-refractivity contribution in [2.75, 3.05) is 18.4 Å². The zero-order chi connectivity index (χ0) is 17.5. The van der Waals surface area contributed by atoms with Crippen LogP contribution < -0.4 is 5.32 Å². The van der Waals surface area contributed by atoms with Gasteiger partial charge in [-0.15, -0.1) is 0 Å². The first-order valence-electron chi connectivity index (χ1n) is 9.46. The number of nitrogens with zero attached hydrogens (tertiary/aromatic N) is 1. The minimum absolute atomic E-state index is 0.0472. The molecule has 0 unspecified atom stereocenters. The molecule has 0 aromatic heterocycles. The van der Waals surface area contributed by atoms with Crippen molar-refractivity contribution >= 4 is 11.6 Å². The van der Waals surface area contributed by atoms with Gasteiger partial charge in [0.1, 0.15) is 0 Å². The summed E-state index contributed by atoms with van der Waals surface area (Å²) in [5, 5.41) is 2.98. The van der Waals surface area contributed by atoms with Gasteiger partial charge < -0.3 is 5.32 Å². The number of anilines is 1. The van der Waals surface area contributed by atoms with E-state index in [0.717, 1.165) is 18.7 Å². The van der Waals surface area contributed by atoms with Crippen LogP contribution in [0.3, 0.4) is 0 Å². The molecule has 25 heavy (non-hydrogen) atoms. The van der Waals surface area contributed by atoms with E-state index >= 15 is 0 Å². The molecule has 0 aliphatic carbocycles. The minimum Gasteiger partial charge on any atom is -0.322 e.